The molecule has 0 saturated carbocycles. The van der Waals surface area contributed by atoms with Crippen LogP contribution in [-0.2, 0) is 9.84 Å². The number of sulfone groups is 1. The lowest BCUT2D eigenvalue weighted by molar-refractivity contribution is -0.00000479. The highest BCUT2D eigenvalue weighted by Crippen LogP contribution is 2.10. The number of hydrogen-bond acceptors (Lipinski definition) is 3. The Morgan fingerprint density at radius 2 is 2.17 bits per heavy atom. The summed E-state index contributed by atoms with van der Waals surface area (Å²) in [6.45, 7) is 0.696. The van der Waals surface area contributed by atoms with Crippen LogP contribution in [0.5, 0.6) is 0 Å². The minimum atomic E-state index is -2.73. The van der Waals surface area contributed by atoms with Gasteiger partial charge in [0.25, 0.3) is 0 Å². The highest BCUT2D eigenvalue weighted by molar-refractivity contribution is 7.91. The summed E-state index contributed by atoms with van der Waals surface area (Å²) in [5, 5.41) is 3.08. The molecule has 0 bridgehead atoms. The van der Waals surface area contributed by atoms with Gasteiger partial charge >= 0.3 is 0 Å². The smallest absolute Gasteiger partial charge is 0.151 e. The van der Waals surface area contributed by atoms with Crippen molar-refractivity contribution in [3.05, 3.63) is 0 Å². The topological polar surface area (TPSA) is 46.2 Å². The van der Waals surface area contributed by atoms with Crippen molar-refractivity contribution in [2.45, 2.75) is 12.5 Å². The summed E-state index contributed by atoms with van der Waals surface area (Å²) < 4.78 is 21.9. The monoisotopic (exact) mass is 232 g/mol. The average Bonchev–Trinajstić information content (AvgIpc) is 2.26. The molecule has 6 heteroatoms. The molecule has 0 aromatic rings. The summed E-state index contributed by atoms with van der Waals surface area (Å²) in [4.78, 5) is 0. The largest absolute Gasteiger partial charge is 1.00 e. The molecule has 1 heterocycles. The van der Waals surface area contributed by atoms with E-state index >= 15 is 0 Å². The highest BCUT2D eigenvalue weighted by atomic mass is 35.5. The molecule has 1 atom stereocenters. The lowest BCUT2D eigenvalue weighted by Gasteiger charge is -2.07. The number of nitrogens with one attached hydrogen (secondary N) is 1. The number of hydrogen-bond donors (Lipinski definition) is 1. The van der Waals surface area contributed by atoms with Crippen LogP contribution in [0.1, 0.15) is 6.42 Å². The average molecular weight is 233 g/mol. The van der Waals surface area contributed by atoms with Gasteiger partial charge in [-0.25, -0.2) is 8.42 Å². The number of halogens is 2. The van der Waals surface area contributed by atoms with Crippen LogP contribution in [0.3, 0.4) is 0 Å². The molecule has 1 fully saturated rings. The predicted octanol–water partition coefficient (Wildman–Crippen LogP) is -2.99. The number of alkyl halides is 1. The van der Waals surface area contributed by atoms with Gasteiger partial charge in [0.05, 0.1) is 11.5 Å². The molecule has 0 aliphatic carbocycles. The van der Waals surface area contributed by atoms with Crippen molar-refractivity contribution >= 4 is 21.4 Å². The van der Waals surface area contributed by atoms with E-state index in [1.807, 2.05) is 0 Å². The van der Waals surface area contributed by atoms with Crippen molar-refractivity contribution in [1.82, 2.24) is 5.32 Å². The molecule has 1 N–H and O–H groups in total. The molecular formula is C6H12Cl2NO2S-. The Morgan fingerprint density at radius 3 is 2.58 bits per heavy atom. The minimum absolute atomic E-state index is 0. The van der Waals surface area contributed by atoms with Crippen LogP contribution in [0.4, 0.5) is 0 Å². The van der Waals surface area contributed by atoms with Crippen LogP contribution in [0, 0.1) is 0 Å². The first kappa shape index (κ1) is 12.5. The second-order valence-electron chi connectivity index (χ2n) is 2.74. The van der Waals surface area contributed by atoms with Gasteiger partial charge in [-0.3, -0.25) is 0 Å². The Morgan fingerprint density at radius 1 is 1.50 bits per heavy atom. The van der Waals surface area contributed by atoms with E-state index < -0.39 is 9.84 Å². The summed E-state index contributed by atoms with van der Waals surface area (Å²) in [5.74, 6) is 1.15. The molecule has 74 valence electrons. The van der Waals surface area contributed by atoms with Crippen LogP contribution in [0.2, 0.25) is 0 Å². The van der Waals surface area contributed by atoms with Crippen LogP contribution < -0.4 is 17.7 Å². The summed E-state index contributed by atoms with van der Waals surface area (Å²) in [7, 11) is -2.73. The predicted molar refractivity (Wildman–Crippen MR) is 45.8 cm³/mol. The first-order valence-corrected chi connectivity index (χ1v) is 5.99. The van der Waals surface area contributed by atoms with E-state index in [-0.39, 0.29) is 24.2 Å². The Hall–Kier alpha value is 0.490. The molecule has 1 aliphatic heterocycles. The van der Waals surface area contributed by atoms with Crippen LogP contribution in [-0.4, -0.2) is 38.4 Å². The number of rotatable bonds is 3. The SMILES string of the molecule is O=S1(=O)CCC(NCCCl)C1.[Cl-]. The fourth-order valence-electron chi connectivity index (χ4n) is 1.21. The quantitative estimate of drug-likeness (QED) is 0.529. The minimum Gasteiger partial charge on any atom is -1.00 e. The first-order chi connectivity index (χ1) is 5.14. The molecule has 3 nitrogen and oxygen atoms in total. The maximum Gasteiger partial charge on any atom is 0.151 e. The molecule has 1 unspecified atom stereocenters. The van der Waals surface area contributed by atoms with Gasteiger partial charge in [-0.05, 0) is 6.42 Å². The lowest BCUT2D eigenvalue weighted by atomic mass is 10.3. The van der Waals surface area contributed by atoms with E-state index in [1.54, 1.807) is 0 Å². The van der Waals surface area contributed by atoms with Gasteiger partial charge in [0.1, 0.15) is 0 Å². The van der Waals surface area contributed by atoms with Crippen LogP contribution in [0.15, 0.2) is 0 Å². The summed E-state index contributed by atoms with van der Waals surface area (Å²) in [6, 6.07) is 0.138. The third kappa shape index (κ3) is 3.94. The molecule has 0 spiro atoms. The van der Waals surface area contributed by atoms with E-state index in [2.05, 4.69) is 5.32 Å². The molecule has 0 radical (unpaired) electrons. The lowest BCUT2D eigenvalue weighted by Crippen LogP contribution is -3.00. The molecule has 0 aromatic heterocycles. The third-order valence-corrected chi connectivity index (χ3v) is 3.72. The Balaban J connectivity index is 0.00000121. The van der Waals surface area contributed by atoms with E-state index in [0.717, 1.165) is 6.42 Å². The Labute approximate surface area is 84.2 Å². The fourth-order valence-corrected chi connectivity index (χ4v) is 3.03. The van der Waals surface area contributed by atoms with Crippen molar-refractivity contribution in [3.8, 4) is 0 Å². The standard InChI is InChI=1S/C6H12ClNO2S.ClH/c7-2-3-8-6-1-4-11(9,10)5-6;/h6,8H,1-5H2;1H/p-1. The van der Waals surface area contributed by atoms with Crippen LogP contribution in [0.25, 0.3) is 0 Å². The fraction of sp³-hybridized carbons (Fsp3) is 1.00. The zero-order chi connectivity index (χ0) is 8.32. The van der Waals surface area contributed by atoms with E-state index in [9.17, 15) is 8.42 Å². The van der Waals surface area contributed by atoms with Gasteiger partial charge in [0, 0.05) is 18.5 Å². The van der Waals surface area contributed by atoms with E-state index in [4.69, 9.17) is 11.6 Å². The Kier molecular flexibility index (Phi) is 5.48. The zero-order valence-electron chi connectivity index (χ0n) is 6.59. The normalized spacial score (nSPS) is 26.6. The molecule has 1 rings (SSSR count). The van der Waals surface area contributed by atoms with Crippen LogP contribution >= 0.6 is 11.6 Å². The Bertz CT molecular complexity index is 218. The van der Waals surface area contributed by atoms with Crippen molar-refractivity contribution in [3.63, 3.8) is 0 Å². The third-order valence-electron chi connectivity index (χ3n) is 1.76. The highest BCUT2D eigenvalue weighted by Gasteiger charge is 2.26. The van der Waals surface area contributed by atoms with Gasteiger partial charge in [0.2, 0.25) is 0 Å². The molecule has 0 amide bonds. The first-order valence-electron chi connectivity index (χ1n) is 3.64. The second kappa shape index (κ2) is 5.27. The summed E-state index contributed by atoms with van der Waals surface area (Å²) >= 11 is 5.44. The molecule has 1 saturated heterocycles. The zero-order valence-corrected chi connectivity index (χ0v) is 8.92. The van der Waals surface area contributed by atoms with Crippen molar-refractivity contribution < 1.29 is 20.8 Å². The van der Waals surface area contributed by atoms with Crippen molar-refractivity contribution in [1.29, 1.82) is 0 Å². The van der Waals surface area contributed by atoms with Gasteiger partial charge in [-0.1, -0.05) is 0 Å². The molecule has 1 aliphatic rings. The van der Waals surface area contributed by atoms with Gasteiger partial charge < -0.3 is 17.7 Å². The van der Waals surface area contributed by atoms with Crippen molar-refractivity contribution in [2.24, 2.45) is 0 Å². The van der Waals surface area contributed by atoms with Gasteiger partial charge in [-0.2, -0.15) is 0 Å². The van der Waals surface area contributed by atoms with Crippen molar-refractivity contribution in [2.75, 3.05) is 23.9 Å². The maximum absolute atomic E-state index is 10.9. The molecular weight excluding hydrogens is 221 g/mol. The molecule has 0 aromatic carbocycles. The second-order valence-corrected chi connectivity index (χ2v) is 5.35. The van der Waals surface area contributed by atoms with E-state index in [1.165, 1.54) is 0 Å². The molecule has 12 heavy (non-hydrogen) atoms. The summed E-state index contributed by atoms with van der Waals surface area (Å²) in [6.07, 6.45) is 0.735. The van der Waals surface area contributed by atoms with Gasteiger partial charge in [-0.15, -0.1) is 11.6 Å². The maximum atomic E-state index is 10.9. The van der Waals surface area contributed by atoms with Gasteiger partial charge in [0.15, 0.2) is 9.84 Å². The summed E-state index contributed by atoms with van der Waals surface area (Å²) in [5.41, 5.74) is 0. The van der Waals surface area contributed by atoms with E-state index in [0.29, 0.717) is 18.2 Å².